The van der Waals surface area contributed by atoms with E-state index in [4.69, 9.17) is 28.4 Å². The van der Waals surface area contributed by atoms with Gasteiger partial charge in [0.15, 0.2) is 34.5 Å². The molecule has 0 bridgehead atoms. The number of benzene rings is 4. The smallest absolute Gasteiger partial charge is 0.256 e. The third-order valence-electron chi connectivity index (χ3n) is 13.3. The first-order valence-corrected chi connectivity index (χ1v) is 22.2. The van der Waals surface area contributed by atoms with Gasteiger partial charge in [-0.25, -0.2) is 0 Å². The topological polar surface area (TPSA) is 148 Å². The highest BCUT2D eigenvalue weighted by Crippen LogP contribution is 2.57. The van der Waals surface area contributed by atoms with E-state index in [0.29, 0.717) is 73.4 Å². The van der Waals surface area contributed by atoms with Gasteiger partial charge in [0.1, 0.15) is 0 Å². The van der Waals surface area contributed by atoms with Crippen molar-refractivity contribution in [3.63, 3.8) is 0 Å². The Kier molecular flexibility index (Phi) is 9.39. The zero-order valence-corrected chi connectivity index (χ0v) is 37.8. The Labute approximate surface area is 366 Å². The number of hydrogen-bond acceptors (Lipinski definition) is 12. The SMILES string of the molecule is CC(C)(C)C1(CCCn2ccnn2)Oc2cc3c4cc5c(cc4c4cc6c(cc4c3cc2O1)OC(CCCn1ccnn1)(C(C)(C)C)O6)OC(CCCn1ccnn1)(C(C)(C)C)O5. The normalized spacial score (nSPS) is 21.7. The highest BCUT2D eigenvalue weighted by Gasteiger charge is 2.54. The lowest BCUT2D eigenvalue weighted by Crippen LogP contribution is -2.50. The lowest BCUT2D eigenvalue weighted by atomic mass is 9.82. The van der Waals surface area contributed by atoms with Crippen molar-refractivity contribution in [1.82, 2.24) is 45.0 Å². The van der Waals surface area contributed by atoms with Crippen LogP contribution in [0.5, 0.6) is 34.5 Å². The summed E-state index contributed by atoms with van der Waals surface area (Å²) in [4.78, 5) is 0. The zero-order chi connectivity index (χ0) is 44.0. The van der Waals surface area contributed by atoms with Crippen LogP contribution in [0.2, 0.25) is 0 Å². The van der Waals surface area contributed by atoms with Gasteiger partial charge < -0.3 is 28.4 Å². The Hall–Kier alpha value is -6.12. The number of aryl methyl sites for hydroxylation is 3. The van der Waals surface area contributed by atoms with E-state index in [2.05, 4.69) is 130 Å². The monoisotopic (exact) mass is 855 g/mol. The summed E-state index contributed by atoms with van der Waals surface area (Å²) in [7, 11) is 0. The Morgan fingerprint density at radius 3 is 0.778 bits per heavy atom. The Balaban J connectivity index is 1.09. The van der Waals surface area contributed by atoms with Gasteiger partial charge in [0.05, 0.1) is 18.6 Å². The minimum Gasteiger partial charge on any atom is -0.448 e. The highest BCUT2D eigenvalue weighted by molar-refractivity contribution is 6.27. The van der Waals surface area contributed by atoms with Crippen LogP contribution in [0, 0.1) is 16.2 Å². The molecule has 6 heterocycles. The first kappa shape index (κ1) is 40.9. The summed E-state index contributed by atoms with van der Waals surface area (Å²) >= 11 is 0. The molecule has 0 aliphatic carbocycles. The predicted octanol–water partition coefficient (Wildman–Crippen LogP) is 9.90. The molecule has 0 amide bonds. The van der Waals surface area contributed by atoms with E-state index >= 15 is 0 Å². The predicted molar refractivity (Wildman–Crippen MR) is 237 cm³/mol. The fourth-order valence-electron chi connectivity index (χ4n) is 9.45. The number of fused-ring (bicyclic) bond motifs is 9. The van der Waals surface area contributed by atoms with Crippen molar-refractivity contribution in [3.8, 4) is 34.5 Å². The molecule has 15 nitrogen and oxygen atoms in total. The van der Waals surface area contributed by atoms with Crippen molar-refractivity contribution in [1.29, 1.82) is 0 Å². The summed E-state index contributed by atoms with van der Waals surface area (Å²) in [5, 5.41) is 30.5. The van der Waals surface area contributed by atoms with Crippen LogP contribution >= 0.6 is 0 Å². The standard InChI is InChI=1S/C48H57N9O6/c1-43(2,3)46(13-10-19-55-22-16-49-52-55)58-37-25-31-32(26-38(37)59-46)34-28-40-42(63-48(61-40,45(7,8)9)15-12-21-57-24-18-51-54-57)30-36(34)35-29-41-39(27-33(31)35)60-47(62-41,44(4,5)6)14-11-20-56-23-17-50-53-56/h16-18,22-30H,10-15,19-21H2,1-9H3. The van der Waals surface area contributed by atoms with Crippen molar-refractivity contribution in [3.05, 3.63) is 73.6 Å². The average Bonchev–Trinajstić information content (AvgIpc) is 4.07. The summed E-state index contributed by atoms with van der Waals surface area (Å²) in [6.07, 6.45) is 15.0. The van der Waals surface area contributed by atoms with Crippen LogP contribution in [0.25, 0.3) is 32.3 Å². The molecule has 10 rings (SSSR count). The summed E-state index contributed by atoms with van der Waals surface area (Å²) in [6, 6.07) is 12.9. The molecule has 0 saturated carbocycles. The van der Waals surface area contributed by atoms with Gasteiger partial charge in [-0.2, -0.15) is 0 Å². The lowest BCUT2D eigenvalue weighted by molar-refractivity contribution is -0.165. The van der Waals surface area contributed by atoms with Crippen LogP contribution in [-0.4, -0.2) is 62.3 Å². The van der Waals surface area contributed by atoms with Crippen LogP contribution in [0.3, 0.4) is 0 Å². The quantitative estimate of drug-likeness (QED) is 0.108. The third-order valence-corrected chi connectivity index (χ3v) is 13.3. The molecule has 0 spiro atoms. The van der Waals surface area contributed by atoms with E-state index in [0.717, 1.165) is 51.6 Å². The number of hydrogen-bond donors (Lipinski definition) is 0. The van der Waals surface area contributed by atoms with E-state index in [1.165, 1.54) is 0 Å². The summed E-state index contributed by atoms with van der Waals surface area (Å²) < 4.78 is 47.6. The van der Waals surface area contributed by atoms with E-state index in [-0.39, 0.29) is 16.2 Å². The van der Waals surface area contributed by atoms with Gasteiger partial charge in [0.2, 0.25) is 0 Å². The van der Waals surface area contributed by atoms with Gasteiger partial charge in [-0.1, -0.05) is 78.0 Å². The number of rotatable bonds is 12. The maximum atomic E-state index is 7.01. The van der Waals surface area contributed by atoms with E-state index in [1.807, 2.05) is 32.6 Å². The molecule has 63 heavy (non-hydrogen) atoms. The molecule has 330 valence electrons. The van der Waals surface area contributed by atoms with Crippen LogP contribution < -0.4 is 28.4 Å². The first-order chi connectivity index (χ1) is 30.0. The van der Waals surface area contributed by atoms with Crippen molar-refractivity contribution >= 4 is 32.3 Å². The maximum Gasteiger partial charge on any atom is 0.256 e. The molecule has 0 fully saturated rings. The number of ether oxygens (including phenoxy) is 6. The van der Waals surface area contributed by atoms with Crippen molar-refractivity contribution in [2.45, 2.75) is 138 Å². The summed E-state index contributed by atoms with van der Waals surface area (Å²) in [5.74, 6) is 1.48. The molecule has 0 saturated heterocycles. The minimum atomic E-state index is -0.910. The molecular weight excluding hydrogens is 799 g/mol. The molecule has 0 unspecified atom stereocenters. The van der Waals surface area contributed by atoms with Gasteiger partial charge in [-0.15, -0.1) is 15.3 Å². The fourth-order valence-corrected chi connectivity index (χ4v) is 9.45. The molecule has 15 heteroatoms. The molecule has 3 aromatic heterocycles. The van der Waals surface area contributed by atoms with Crippen LogP contribution in [0.15, 0.2) is 73.6 Å². The van der Waals surface area contributed by atoms with Gasteiger partial charge in [-0.3, -0.25) is 14.0 Å². The third kappa shape index (κ3) is 6.94. The fraction of sp³-hybridized carbons (Fsp3) is 0.500. The van der Waals surface area contributed by atoms with Crippen LogP contribution in [-0.2, 0) is 19.6 Å². The zero-order valence-electron chi connectivity index (χ0n) is 37.8. The molecule has 0 atom stereocenters. The second-order valence-corrected chi connectivity index (χ2v) is 20.5. The highest BCUT2D eigenvalue weighted by atomic mass is 16.7. The Bertz CT molecular complexity index is 2360. The first-order valence-electron chi connectivity index (χ1n) is 22.2. The van der Waals surface area contributed by atoms with Gasteiger partial charge >= 0.3 is 0 Å². The molecular formula is C48H57N9O6. The van der Waals surface area contributed by atoms with Crippen LogP contribution in [0.1, 0.15) is 101 Å². The molecule has 0 N–H and O–H groups in total. The average molecular weight is 856 g/mol. The van der Waals surface area contributed by atoms with E-state index in [1.54, 1.807) is 18.6 Å². The maximum absolute atomic E-state index is 7.01. The van der Waals surface area contributed by atoms with Crippen molar-refractivity contribution in [2.75, 3.05) is 0 Å². The number of aromatic nitrogens is 9. The molecule has 7 aromatic rings. The van der Waals surface area contributed by atoms with Crippen molar-refractivity contribution < 1.29 is 28.4 Å². The van der Waals surface area contributed by atoms with E-state index in [9.17, 15) is 0 Å². The van der Waals surface area contributed by atoms with Crippen LogP contribution in [0.4, 0.5) is 0 Å². The second-order valence-electron chi connectivity index (χ2n) is 20.5. The molecule has 3 aliphatic heterocycles. The largest absolute Gasteiger partial charge is 0.448 e. The second kappa shape index (κ2) is 14.5. The van der Waals surface area contributed by atoms with Gasteiger partial charge in [-0.05, 0) is 88.0 Å². The lowest BCUT2D eigenvalue weighted by Gasteiger charge is -2.39. The minimum absolute atomic E-state index is 0.364. The van der Waals surface area contributed by atoms with Gasteiger partial charge in [0, 0.05) is 73.7 Å². The van der Waals surface area contributed by atoms with E-state index < -0.39 is 17.4 Å². The molecule has 3 aliphatic rings. The van der Waals surface area contributed by atoms with Gasteiger partial charge in [0.25, 0.3) is 17.4 Å². The molecule has 0 radical (unpaired) electrons. The molecule has 4 aromatic carbocycles. The Morgan fingerprint density at radius 2 is 0.603 bits per heavy atom. The van der Waals surface area contributed by atoms with Crippen molar-refractivity contribution in [2.24, 2.45) is 16.2 Å². The number of nitrogens with zero attached hydrogens (tertiary/aromatic N) is 9. The summed E-state index contributed by atoms with van der Waals surface area (Å²) in [5.41, 5.74) is -1.09. The summed E-state index contributed by atoms with van der Waals surface area (Å²) in [6.45, 7) is 21.6. The Morgan fingerprint density at radius 1 is 0.381 bits per heavy atom.